The summed E-state index contributed by atoms with van der Waals surface area (Å²) in [6.07, 6.45) is 8.18. The van der Waals surface area contributed by atoms with Crippen molar-refractivity contribution >= 4 is 33.3 Å². The van der Waals surface area contributed by atoms with E-state index in [0.717, 1.165) is 71.0 Å². The zero-order valence-corrected chi connectivity index (χ0v) is 17.7. The number of anilines is 1. The first-order chi connectivity index (χ1) is 15.2. The fourth-order valence-corrected chi connectivity index (χ4v) is 4.65. The van der Waals surface area contributed by atoms with E-state index in [4.69, 9.17) is 4.42 Å². The van der Waals surface area contributed by atoms with Crippen LogP contribution in [0.3, 0.4) is 0 Å². The maximum atomic E-state index is 11.3. The molecule has 0 saturated heterocycles. The van der Waals surface area contributed by atoms with E-state index in [1.807, 2.05) is 30.6 Å². The molecule has 2 aromatic heterocycles. The van der Waals surface area contributed by atoms with Crippen molar-refractivity contribution in [2.45, 2.75) is 38.6 Å². The molecule has 1 aliphatic rings. The van der Waals surface area contributed by atoms with Crippen LogP contribution in [0, 0.1) is 5.92 Å². The molecule has 0 atom stereocenters. The Kier molecular flexibility index (Phi) is 5.33. The van der Waals surface area contributed by atoms with Gasteiger partial charge in [-0.15, -0.1) is 0 Å². The molecular formula is C26H27N3O2. The molecule has 0 bridgehead atoms. The van der Waals surface area contributed by atoms with Crippen molar-refractivity contribution in [1.82, 2.24) is 10.3 Å². The smallest absolute Gasteiger partial charge is 0.217 e. The largest absolute Gasteiger partial charge is 0.456 e. The second-order valence-corrected chi connectivity index (χ2v) is 8.57. The SMILES string of the molecule is CC(=O)NC1CCC(CNc2ccc3cncc(-c4cc5ccccc5o4)c3c2)CC1. The molecule has 2 aromatic carbocycles. The molecule has 4 aromatic rings. The number of rotatable bonds is 5. The van der Waals surface area contributed by atoms with Gasteiger partial charge in [-0.2, -0.15) is 0 Å². The predicted molar refractivity (Wildman–Crippen MR) is 125 cm³/mol. The third kappa shape index (κ3) is 4.26. The zero-order chi connectivity index (χ0) is 21.2. The summed E-state index contributed by atoms with van der Waals surface area (Å²) >= 11 is 0. The molecule has 31 heavy (non-hydrogen) atoms. The van der Waals surface area contributed by atoms with Crippen LogP contribution in [-0.4, -0.2) is 23.5 Å². The molecule has 1 saturated carbocycles. The van der Waals surface area contributed by atoms with Gasteiger partial charge < -0.3 is 15.1 Å². The molecule has 2 N–H and O–H groups in total. The molecule has 1 aliphatic carbocycles. The first-order valence-corrected chi connectivity index (χ1v) is 11.0. The van der Waals surface area contributed by atoms with Gasteiger partial charge in [-0.1, -0.05) is 24.3 Å². The summed E-state index contributed by atoms with van der Waals surface area (Å²) < 4.78 is 6.10. The molecule has 1 fully saturated rings. The molecule has 2 heterocycles. The Hall–Kier alpha value is -3.34. The van der Waals surface area contributed by atoms with Crippen molar-refractivity contribution in [3.63, 3.8) is 0 Å². The van der Waals surface area contributed by atoms with E-state index in [0.29, 0.717) is 12.0 Å². The average Bonchev–Trinajstić information content (AvgIpc) is 3.22. The van der Waals surface area contributed by atoms with Gasteiger partial charge in [-0.3, -0.25) is 9.78 Å². The lowest BCUT2D eigenvalue weighted by Crippen LogP contribution is -2.37. The second kappa shape index (κ2) is 8.42. The molecule has 5 heteroatoms. The summed E-state index contributed by atoms with van der Waals surface area (Å²) in [6.45, 7) is 2.55. The number of nitrogens with zero attached hydrogens (tertiary/aromatic N) is 1. The Bertz CT molecular complexity index is 1190. The highest BCUT2D eigenvalue weighted by molar-refractivity contribution is 5.98. The third-order valence-electron chi connectivity index (χ3n) is 6.30. The van der Waals surface area contributed by atoms with E-state index in [1.54, 1.807) is 6.92 Å². The molecule has 0 radical (unpaired) electrons. The van der Waals surface area contributed by atoms with Gasteiger partial charge >= 0.3 is 0 Å². The van der Waals surface area contributed by atoms with Crippen molar-refractivity contribution in [2.24, 2.45) is 5.92 Å². The fourth-order valence-electron chi connectivity index (χ4n) is 4.65. The number of amides is 1. The van der Waals surface area contributed by atoms with Gasteiger partial charge in [0.2, 0.25) is 5.91 Å². The van der Waals surface area contributed by atoms with Gasteiger partial charge in [0.1, 0.15) is 11.3 Å². The van der Waals surface area contributed by atoms with Crippen LogP contribution in [0.25, 0.3) is 33.1 Å². The van der Waals surface area contributed by atoms with E-state index in [-0.39, 0.29) is 5.91 Å². The van der Waals surface area contributed by atoms with Crippen LogP contribution in [0.5, 0.6) is 0 Å². The molecule has 5 nitrogen and oxygen atoms in total. The molecule has 1 amide bonds. The lowest BCUT2D eigenvalue weighted by molar-refractivity contribution is -0.119. The number of hydrogen-bond acceptors (Lipinski definition) is 4. The lowest BCUT2D eigenvalue weighted by atomic mass is 9.86. The number of nitrogens with one attached hydrogen (secondary N) is 2. The van der Waals surface area contributed by atoms with Crippen LogP contribution >= 0.6 is 0 Å². The number of furan rings is 1. The molecule has 0 spiro atoms. The second-order valence-electron chi connectivity index (χ2n) is 8.57. The van der Waals surface area contributed by atoms with Crippen LogP contribution in [0.2, 0.25) is 0 Å². The van der Waals surface area contributed by atoms with E-state index >= 15 is 0 Å². The van der Waals surface area contributed by atoms with E-state index in [2.05, 4.69) is 45.9 Å². The third-order valence-corrected chi connectivity index (χ3v) is 6.30. The van der Waals surface area contributed by atoms with Crippen LogP contribution in [-0.2, 0) is 4.79 Å². The van der Waals surface area contributed by atoms with E-state index in [1.165, 1.54) is 0 Å². The summed E-state index contributed by atoms with van der Waals surface area (Å²) in [7, 11) is 0. The zero-order valence-electron chi connectivity index (χ0n) is 17.7. The number of hydrogen-bond donors (Lipinski definition) is 2. The average molecular weight is 414 g/mol. The summed E-state index contributed by atoms with van der Waals surface area (Å²) in [5.41, 5.74) is 3.01. The van der Waals surface area contributed by atoms with Crippen LogP contribution in [0.15, 0.2) is 65.3 Å². The van der Waals surface area contributed by atoms with Crippen LogP contribution < -0.4 is 10.6 Å². The molecular weight excluding hydrogens is 386 g/mol. The minimum absolute atomic E-state index is 0.0764. The summed E-state index contributed by atoms with van der Waals surface area (Å²) in [5, 5.41) is 10.0. The Morgan fingerprint density at radius 2 is 1.87 bits per heavy atom. The molecule has 0 aliphatic heterocycles. The van der Waals surface area contributed by atoms with Gasteiger partial charge in [0, 0.05) is 53.9 Å². The van der Waals surface area contributed by atoms with Crippen LogP contribution in [0.4, 0.5) is 5.69 Å². The molecule has 158 valence electrons. The van der Waals surface area contributed by atoms with Gasteiger partial charge in [0.25, 0.3) is 0 Å². The number of benzene rings is 2. The molecule has 0 unspecified atom stereocenters. The quantitative estimate of drug-likeness (QED) is 0.437. The van der Waals surface area contributed by atoms with Gasteiger partial charge in [0.05, 0.1) is 0 Å². The minimum Gasteiger partial charge on any atom is -0.456 e. The van der Waals surface area contributed by atoms with Gasteiger partial charge in [0.15, 0.2) is 0 Å². The number of para-hydroxylation sites is 1. The fraction of sp³-hybridized carbons (Fsp3) is 0.308. The Morgan fingerprint density at radius 1 is 1.03 bits per heavy atom. The van der Waals surface area contributed by atoms with Crippen molar-refractivity contribution in [1.29, 1.82) is 0 Å². The maximum absolute atomic E-state index is 11.3. The lowest BCUT2D eigenvalue weighted by Gasteiger charge is -2.29. The monoisotopic (exact) mass is 413 g/mol. The number of carbonyl (C=O) groups excluding carboxylic acids is 1. The highest BCUT2D eigenvalue weighted by Crippen LogP contribution is 2.34. The summed E-state index contributed by atoms with van der Waals surface area (Å²) in [5.74, 6) is 1.55. The van der Waals surface area contributed by atoms with E-state index in [9.17, 15) is 4.79 Å². The van der Waals surface area contributed by atoms with E-state index < -0.39 is 0 Å². The Labute approximate surface area is 181 Å². The topological polar surface area (TPSA) is 67.2 Å². The Morgan fingerprint density at radius 3 is 2.68 bits per heavy atom. The number of aromatic nitrogens is 1. The van der Waals surface area contributed by atoms with Crippen LogP contribution in [0.1, 0.15) is 32.6 Å². The standard InChI is InChI=1S/C26H27N3O2/c1-17(30)29-21-9-6-18(7-10-21)14-28-22-11-8-20-15-27-16-24(23(20)13-22)26-12-19-4-2-3-5-25(19)31-26/h2-5,8,11-13,15-16,18,21,28H,6-7,9-10,14H2,1H3,(H,29,30). The van der Waals surface area contributed by atoms with Crippen molar-refractivity contribution < 1.29 is 9.21 Å². The maximum Gasteiger partial charge on any atom is 0.217 e. The summed E-state index contributed by atoms with van der Waals surface area (Å²) in [6, 6.07) is 16.9. The first-order valence-electron chi connectivity index (χ1n) is 11.0. The number of fused-ring (bicyclic) bond motifs is 2. The minimum atomic E-state index is 0.0764. The summed E-state index contributed by atoms with van der Waals surface area (Å²) in [4.78, 5) is 15.7. The number of carbonyl (C=O) groups is 1. The van der Waals surface area contributed by atoms with Gasteiger partial charge in [-0.25, -0.2) is 0 Å². The van der Waals surface area contributed by atoms with Gasteiger partial charge in [-0.05, 0) is 61.3 Å². The Balaban J connectivity index is 1.33. The molecule has 5 rings (SSSR count). The number of pyridine rings is 1. The normalized spacial score (nSPS) is 18.9. The van der Waals surface area contributed by atoms with Crippen molar-refractivity contribution in [3.05, 3.63) is 60.9 Å². The first kappa shape index (κ1) is 19.6. The van der Waals surface area contributed by atoms with Crippen molar-refractivity contribution in [3.8, 4) is 11.3 Å². The predicted octanol–water partition coefficient (Wildman–Crippen LogP) is 5.75. The highest BCUT2D eigenvalue weighted by atomic mass is 16.3. The highest BCUT2D eigenvalue weighted by Gasteiger charge is 2.21. The van der Waals surface area contributed by atoms with Crippen molar-refractivity contribution in [2.75, 3.05) is 11.9 Å².